The topological polar surface area (TPSA) is 0 Å². The summed E-state index contributed by atoms with van der Waals surface area (Å²) < 4.78 is 0. The predicted molar refractivity (Wildman–Crippen MR) is 143 cm³/mol. The number of rotatable bonds is 3. The zero-order chi connectivity index (χ0) is 21.9. The van der Waals surface area contributed by atoms with Crippen molar-refractivity contribution in [2.45, 2.75) is 10.7 Å². The Balaban J connectivity index is 0.000000140. The van der Waals surface area contributed by atoms with E-state index in [1.54, 1.807) is 0 Å². The maximum atomic E-state index is 6.05. The molecule has 0 aliphatic rings. The van der Waals surface area contributed by atoms with Crippen molar-refractivity contribution in [1.82, 2.24) is 0 Å². The number of benzene rings is 6. The molecule has 6 aromatic carbocycles. The molecule has 0 heterocycles. The van der Waals surface area contributed by atoms with Crippen LogP contribution >= 0.6 is 27.5 Å². The van der Waals surface area contributed by atoms with E-state index in [0.717, 1.165) is 0 Å². The lowest BCUT2D eigenvalue weighted by Crippen LogP contribution is -1.90. The lowest BCUT2D eigenvalue weighted by Gasteiger charge is -2.12. The molecule has 0 amide bonds. The molecule has 0 fully saturated rings. The summed E-state index contributed by atoms with van der Waals surface area (Å²) in [5.74, 6) is 0.564. The fourth-order valence-electron chi connectivity index (χ4n) is 4.35. The van der Waals surface area contributed by atoms with Crippen molar-refractivity contribution in [2.24, 2.45) is 0 Å². The first-order valence-electron chi connectivity index (χ1n) is 10.7. The fourth-order valence-corrected chi connectivity index (χ4v) is 5.19. The van der Waals surface area contributed by atoms with Crippen LogP contribution in [0.2, 0.25) is 0 Å². The van der Waals surface area contributed by atoms with E-state index in [0.29, 0.717) is 10.7 Å². The van der Waals surface area contributed by atoms with E-state index in [1.165, 1.54) is 49.0 Å². The van der Waals surface area contributed by atoms with E-state index in [4.69, 9.17) is 11.6 Å². The van der Waals surface area contributed by atoms with Crippen molar-refractivity contribution in [2.75, 3.05) is 0 Å². The largest absolute Gasteiger partial charge is 0.122 e. The zero-order valence-corrected chi connectivity index (χ0v) is 19.9. The monoisotopic (exact) mass is 496 g/mol. The molecule has 0 saturated heterocycles. The van der Waals surface area contributed by atoms with Gasteiger partial charge in [0, 0.05) is 5.88 Å². The van der Waals surface area contributed by atoms with Gasteiger partial charge >= 0.3 is 0 Å². The molecular weight excluding hydrogens is 476 g/mol. The van der Waals surface area contributed by atoms with Crippen LogP contribution in [0.1, 0.15) is 21.5 Å². The van der Waals surface area contributed by atoms with Gasteiger partial charge < -0.3 is 0 Å². The van der Waals surface area contributed by atoms with Crippen LogP contribution in [-0.2, 0) is 5.88 Å². The second kappa shape index (κ2) is 9.32. The summed E-state index contributed by atoms with van der Waals surface area (Å²) in [7, 11) is 0. The molecule has 0 aromatic heterocycles. The zero-order valence-electron chi connectivity index (χ0n) is 17.5. The highest BCUT2D eigenvalue weighted by Gasteiger charge is 2.10. The van der Waals surface area contributed by atoms with Crippen molar-refractivity contribution in [3.63, 3.8) is 0 Å². The highest BCUT2D eigenvalue weighted by molar-refractivity contribution is 9.09. The molecule has 0 saturated carbocycles. The molecule has 0 nitrogen and oxygen atoms in total. The molecule has 0 N–H and O–H groups in total. The molecule has 0 unspecified atom stereocenters. The van der Waals surface area contributed by atoms with Gasteiger partial charge in [0.2, 0.25) is 0 Å². The van der Waals surface area contributed by atoms with Crippen molar-refractivity contribution in [1.29, 1.82) is 0 Å². The first-order valence-corrected chi connectivity index (χ1v) is 12.2. The summed E-state index contributed by atoms with van der Waals surface area (Å²) in [6.07, 6.45) is 0. The summed E-state index contributed by atoms with van der Waals surface area (Å²) >= 11 is 9.74. The van der Waals surface area contributed by atoms with E-state index >= 15 is 0 Å². The van der Waals surface area contributed by atoms with Gasteiger partial charge in [0.1, 0.15) is 0 Å². The molecule has 156 valence electrons. The molecule has 0 atom stereocenters. The van der Waals surface area contributed by atoms with E-state index in [9.17, 15) is 0 Å². The summed E-state index contributed by atoms with van der Waals surface area (Å²) in [6, 6.07) is 40.4. The molecule has 6 rings (SSSR count). The smallest absolute Gasteiger partial charge is 0.0644 e. The van der Waals surface area contributed by atoms with Gasteiger partial charge in [0.05, 0.1) is 4.83 Å². The SMILES string of the molecule is BrC(c1ccccc1)c1ccccc1.ClCc1ccc2ccc3cccc4ccc1c2c34. The van der Waals surface area contributed by atoms with E-state index < -0.39 is 0 Å². The van der Waals surface area contributed by atoms with Crippen LogP contribution < -0.4 is 0 Å². The Morgan fingerprint density at radius 2 is 1.03 bits per heavy atom. The van der Waals surface area contributed by atoms with Crippen LogP contribution in [0.3, 0.4) is 0 Å². The van der Waals surface area contributed by atoms with Crippen LogP contribution in [0.4, 0.5) is 0 Å². The second-order valence-corrected chi connectivity index (χ2v) is 9.08. The van der Waals surface area contributed by atoms with Gasteiger partial charge in [-0.15, -0.1) is 11.6 Å². The Kier molecular flexibility index (Phi) is 6.12. The number of hydrogen-bond donors (Lipinski definition) is 0. The van der Waals surface area contributed by atoms with Crippen LogP contribution in [0.25, 0.3) is 32.3 Å². The summed E-state index contributed by atoms with van der Waals surface area (Å²) in [5, 5.41) is 7.90. The van der Waals surface area contributed by atoms with Crippen molar-refractivity contribution >= 4 is 59.8 Å². The van der Waals surface area contributed by atoms with E-state index in [-0.39, 0.29) is 0 Å². The average Bonchev–Trinajstić information content (AvgIpc) is 2.88. The third-order valence-electron chi connectivity index (χ3n) is 5.95. The minimum atomic E-state index is 0.296. The maximum Gasteiger partial charge on any atom is 0.0644 e. The molecule has 32 heavy (non-hydrogen) atoms. The minimum Gasteiger partial charge on any atom is -0.122 e. The summed E-state index contributed by atoms with van der Waals surface area (Å²) in [5.41, 5.74) is 3.79. The molecule has 0 aliphatic carbocycles. The Bertz CT molecular complexity index is 1400. The van der Waals surface area contributed by atoms with Crippen molar-refractivity contribution in [3.8, 4) is 0 Å². The maximum absolute atomic E-state index is 6.05. The van der Waals surface area contributed by atoms with E-state index in [1.807, 2.05) is 12.1 Å². The third-order valence-corrected chi connectivity index (χ3v) is 7.29. The third kappa shape index (κ3) is 3.99. The van der Waals surface area contributed by atoms with Crippen LogP contribution in [0.5, 0.6) is 0 Å². The first kappa shape index (κ1) is 21.0. The van der Waals surface area contributed by atoms with Gasteiger partial charge in [-0.3, -0.25) is 0 Å². The fraction of sp³-hybridized carbons (Fsp3) is 0.0667. The lowest BCUT2D eigenvalue weighted by molar-refractivity contribution is 1.18. The van der Waals surface area contributed by atoms with Gasteiger partial charge in [-0.1, -0.05) is 131 Å². The quantitative estimate of drug-likeness (QED) is 0.169. The number of halogens is 2. The average molecular weight is 498 g/mol. The summed E-state index contributed by atoms with van der Waals surface area (Å²) in [6.45, 7) is 0. The Labute approximate surface area is 201 Å². The summed E-state index contributed by atoms with van der Waals surface area (Å²) in [4.78, 5) is 0.296. The number of alkyl halides is 2. The molecule has 2 heteroatoms. The predicted octanol–water partition coefficient (Wildman–Crippen LogP) is 9.49. The second-order valence-electron chi connectivity index (χ2n) is 7.90. The van der Waals surface area contributed by atoms with Gasteiger partial charge in [-0.25, -0.2) is 0 Å². The molecule has 0 aliphatic heterocycles. The van der Waals surface area contributed by atoms with Gasteiger partial charge in [0.25, 0.3) is 0 Å². The first-order chi connectivity index (χ1) is 15.8. The van der Waals surface area contributed by atoms with Crippen LogP contribution in [0, 0.1) is 0 Å². The Morgan fingerprint density at radius 1 is 0.531 bits per heavy atom. The molecular formula is C30H22BrCl. The normalized spacial score (nSPS) is 11.2. The highest BCUT2D eigenvalue weighted by Crippen LogP contribution is 2.36. The molecule has 0 radical (unpaired) electrons. The van der Waals surface area contributed by atoms with Crippen molar-refractivity contribution < 1.29 is 0 Å². The minimum absolute atomic E-state index is 0.296. The molecule has 0 bridgehead atoms. The molecule has 0 spiro atoms. The van der Waals surface area contributed by atoms with Gasteiger partial charge in [-0.05, 0) is 49.0 Å². The standard InChI is InChI=1S/C17H11Cl.C13H11Br/c18-10-14-7-6-13-5-4-11-2-1-3-12-8-9-15(14)17(13)16(11)12;14-13(11-7-3-1-4-8-11)12-9-5-2-6-10-12/h1-9H,10H2;1-10,13H. The Hall–Kier alpha value is -2.87. The van der Waals surface area contributed by atoms with Gasteiger partial charge in [-0.2, -0.15) is 0 Å². The lowest BCUT2D eigenvalue weighted by atomic mass is 9.92. The highest BCUT2D eigenvalue weighted by atomic mass is 79.9. The van der Waals surface area contributed by atoms with Gasteiger partial charge in [0.15, 0.2) is 0 Å². The van der Waals surface area contributed by atoms with Crippen molar-refractivity contribution in [3.05, 3.63) is 132 Å². The van der Waals surface area contributed by atoms with Crippen LogP contribution in [0.15, 0.2) is 115 Å². The van der Waals surface area contributed by atoms with Crippen LogP contribution in [-0.4, -0.2) is 0 Å². The van der Waals surface area contributed by atoms with E-state index in [2.05, 4.69) is 119 Å². The molecule has 6 aromatic rings. The number of hydrogen-bond acceptors (Lipinski definition) is 0. The Morgan fingerprint density at radius 3 is 1.59 bits per heavy atom.